The third-order valence-electron chi connectivity index (χ3n) is 6.91. The number of carbonyl (C=O) groups excluding carboxylic acids is 1. The largest absolute Gasteiger partial charge is 0.465 e. The molecule has 0 aliphatic carbocycles. The molecular formula is C31H25N5O3. The summed E-state index contributed by atoms with van der Waals surface area (Å²) in [6, 6.07) is 19.1. The molecule has 0 saturated carbocycles. The number of esters is 1. The number of aryl methyl sites for hydroxylation is 2. The normalized spacial score (nSPS) is 11.3. The number of ether oxygens (including phenoxy) is 1. The lowest BCUT2D eigenvalue weighted by Gasteiger charge is -2.21. The minimum atomic E-state index is -0.376. The van der Waals surface area contributed by atoms with Crippen LogP contribution >= 0.6 is 0 Å². The Hall–Kier alpha value is -5.11. The number of benzene rings is 1. The Morgan fingerprint density at radius 1 is 0.897 bits per heavy atom. The van der Waals surface area contributed by atoms with Gasteiger partial charge in [-0.3, -0.25) is 15.0 Å². The van der Waals surface area contributed by atoms with E-state index in [2.05, 4.69) is 10.1 Å². The zero-order valence-electron chi connectivity index (χ0n) is 21.7. The molecule has 0 unspecified atom stereocenters. The highest BCUT2D eigenvalue weighted by Crippen LogP contribution is 2.43. The number of nitrogens with zero attached hydrogens (tertiary/aromatic N) is 4. The van der Waals surface area contributed by atoms with Crippen LogP contribution in [0.3, 0.4) is 0 Å². The van der Waals surface area contributed by atoms with Crippen molar-refractivity contribution in [3.05, 3.63) is 119 Å². The van der Waals surface area contributed by atoms with Gasteiger partial charge in [-0.1, -0.05) is 29.4 Å². The van der Waals surface area contributed by atoms with Crippen molar-refractivity contribution in [1.82, 2.24) is 25.1 Å². The molecule has 6 aromatic rings. The maximum atomic E-state index is 12.0. The molecule has 8 nitrogen and oxygen atoms in total. The third kappa shape index (κ3) is 4.25. The van der Waals surface area contributed by atoms with Crippen LogP contribution in [0.1, 0.15) is 44.7 Å². The molecule has 0 atom stereocenters. The molecular weight excluding hydrogens is 490 g/mol. The van der Waals surface area contributed by atoms with Crippen LogP contribution in [0.25, 0.3) is 33.3 Å². The Kier molecular flexibility index (Phi) is 6.20. The maximum absolute atomic E-state index is 12.0. The molecule has 0 saturated heterocycles. The fourth-order valence-corrected chi connectivity index (χ4v) is 5.12. The number of nitrogens with one attached hydrogen (secondary N) is 1. The van der Waals surface area contributed by atoms with Gasteiger partial charge in [-0.2, -0.15) is 0 Å². The van der Waals surface area contributed by atoms with Gasteiger partial charge in [0, 0.05) is 47.0 Å². The van der Waals surface area contributed by atoms with Crippen molar-refractivity contribution < 1.29 is 14.1 Å². The van der Waals surface area contributed by atoms with Gasteiger partial charge < -0.3 is 14.2 Å². The third-order valence-corrected chi connectivity index (χ3v) is 6.91. The number of aromatic nitrogens is 5. The van der Waals surface area contributed by atoms with Crippen LogP contribution in [0.15, 0.2) is 90.0 Å². The Labute approximate surface area is 224 Å². The van der Waals surface area contributed by atoms with Gasteiger partial charge in [0.1, 0.15) is 5.76 Å². The highest BCUT2D eigenvalue weighted by Gasteiger charge is 2.29. The number of fused-ring (bicyclic) bond motifs is 1. The molecule has 0 spiro atoms. The van der Waals surface area contributed by atoms with Gasteiger partial charge in [0.2, 0.25) is 0 Å². The van der Waals surface area contributed by atoms with Crippen molar-refractivity contribution in [2.45, 2.75) is 19.8 Å². The minimum Gasteiger partial charge on any atom is -0.465 e. The Bertz CT molecular complexity index is 1720. The van der Waals surface area contributed by atoms with E-state index in [1.165, 1.54) is 7.11 Å². The second-order valence-corrected chi connectivity index (χ2v) is 9.22. The Morgan fingerprint density at radius 3 is 2.15 bits per heavy atom. The molecule has 0 amide bonds. The van der Waals surface area contributed by atoms with Crippen LogP contribution in [0, 0.1) is 13.8 Å². The first kappa shape index (κ1) is 24.2. The molecule has 192 valence electrons. The molecule has 5 aromatic heterocycles. The van der Waals surface area contributed by atoms with Crippen molar-refractivity contribution in [2.75, 3.05) is 7.11 Å². The second-order valence-electron chi connectivity index (χ2n) is 9.22. The summed E-state index contributed by atoms with van der Waals surface area (Å²) in [5.41, 5.74) is 9.24. The summed E-state index contributed by atoms with van der Waals surface area (Å²) >= 11 is 0. The van der Waals surface area contributed by atoms with E-state index in [1.807, 2.05) is 74.8 Å². The lowest BCUT2D eigenvalue weighted by Crippen LogP contribution is -2.10. The fraction of sp³-hybridized carbons (Fsp3) is 0.129. The van der Waals surface area contributed by atoms with E-state index in [0.717, 1.165) is 55.9 Å². The number of hydrogen-bond acceptors (Lipinski definition) is 7. The summed E-state index contributed by atoms with van der Waals surface area (Å²) in [4.78, 5) is 29.9. The first-order valence-corrected chi connectivity index (χ1v) is 12.5. The quantitative estimate of drug-likeness (QED) is 0.261. The van der Waals surface area contributed by atoms with Crippen molar-refractivity contribution >= 4 is 17.0 Å². The maximum Gasteiger partial charge on any atom is 0.337 e. The fourth-order valence-electron chi connectivity index (χ4n) is 5.12. The lowest BCUT2D eigenvalue weighted by molar-refractivity contribution is 0.0600. The van der Waals surface area contributed by atoms with E-state index >= 15 is 0 Å². The van der Waals surface area contributed by atoms with Crippen LogP contribution in [0.2, 0.25) is 0 Å². The van der Waals surface area contributed by atoms with E-state index in [0.29, 0.717) is 11.3 Å². The number of carbonyl (C=O) groups is 1. The predicted molar refractivity (Wildman–Crippen MR) is 147 cm³/mol. The molecule has 0 radical (unpaired) electrons. The topological polar surface area (TPSA) is 107 Å². The lowest BCUT2D eigenvalue weighted by atomic mass is 9.85. The first-order chi connectivity index (χ1) is 19.1. The van der Waals surface area contributed by atoms with Gasteiger partial charge in [0.05, 0.1) is 46.7 Å². The number of H-pyrrole nitrogens is 1. The van der Waals surface area contributed by atoms with Gasteiger partial charge >= 0.3 is 5.97 Å². The summed E-state index contributed by atoms with van der Waals surface area (Å²) in [7, 11) is 1.37. The van der Waals surface area contributed by atoms with Crippen molar-refractivity contribution in [2.24, 2.45) is 0 Å². The van der Waals surface area contributed by atoms with Crippen LogP contribution in [0.5, 0.6) is 0 Å². The highest BCUT2D eigenvalue weighted by molar-refractivity contribution is 5.98. The summed E-state index contributed by atoms with van der Waals surface area (Å²) in [5, 5.41) is 4.22. The Balaban J connectivity index is 1.64. The first-order valence-electron chi connectivity index (χ1n) is 12.5. The van der Waals surface area contributed by atoms with Gasteiger partial charge in [0.15, 0.2) is 0 Å². The van der Waals surface area contributed by atoms with Crippen LogP contribution < -0.4 is 0 Å². The standard InChI is InChI=1S/C31H25N5O3/c1-18-26(19(2)39-36-18)23-17-34-29-22(20-10-12-21(13-11-20)31(37)38-3)16-35-30(29)27(23)28(24-8-4-6-14-32-24)25-9-5-7-15-33-25/h4-17,28,35H,1-3H3. The zero-order valence-corrected chi connectivity index (χ0v) is 21.7. The molecule has 6 rings (SSSR count). The monoisotopic (exact) mass is 515 g/mol. The van der Waals surface area contributed by atoms with Gasteiger partial charge in [-0.15, -0.1) is 0 Å². The minimum absolute atomic E-state index is 0.296. The predicted octanol–water partition coefficient (Wildman–Crippen LogP) is 6.26. The SMILES string of the molecule is COC(=O)c1ccc(-c2c[nH]c3c(C(c4ccccn4)c4ccccn4)c(-c4c(C)noc4C)cnc23)cc1. The Morgan fingerprint density at radius 2 is 1.59 bits per heavy atom. The molecule has 1 N–H and O–H groups in total. The summed E-state index contributed by atoms with van der Waals surface area (Å²) in [6.45, 7) is 3.84. The number of rotatable bonds is 6. The van der Waals surface area contributed by atoms with Crippen LogP contribution in [0.4, 0.5) is 0 Å². The van der Waals surface area contributed by atoms with Crippen LogP contribution in [-0.2, 0) is 4.74 Å². The van der Waals surface area contributed by atoms with E-state index in [4.69, 9.17) is 24.2 Å². The van der Waals surface area contributed by atoms with Crippen molar-refractivity contribution in [1.29, 1.82) is 0 Å². The average molecular weight is 516 g/mol. The van der Waals surface area contributed by atoms with E-state index in [-0.39, 0.29) is 11.9 Å². The molecule has 0 bridgehead atoms. The van der Waals surface area contributed by atoms with E-state index in [9.17, 15) is 4.79 Å². The number of hydrogen-bond donors (Lipinski definition) is 1. The molecule has 0 fully saturated rings. The molecule has 8 heteroatoms. The molecule has 0 aliphatic rings. The van der Waals surface area contributed by atoms with Crippen LogP contribution in [-0.4, -0.2) is 38.2 Å². The average Bonchev–Trinajstić information content (AvgIpc) is 3.57. The van der Waals surface area contributed by atoms with Gasteiger partial charge in [-0.05, 0) is 55.8 Å². The van der Waals surface area contributed by atoms with Gasteiger partial charge in [-0.25, -0.2) is 4.79 Å². The molecule has 39 heavy (non-hydrogen) atoms. The molecule has 5 heterocycles. The number of methoxy groups -OCH3 is 1. The smallest absolute Gasteiger partial charge is 0.337 e. The van der Waals surface area contributed by atoms with Gasteiger partial charge in [0.25, 0.3) is 0 Å². The van der Waals surface area contributed by atoms with E-state index < -0.39 is 0 Å². The summed E-state index contributed by atoms with van der Waals surface area (Å²) < 4.78 is 10.4. The molecule has 1 aromatic carbocycles. The highest BCUT2D eigenvalue weighted by atomic mass is 16.5. The summed E-state index contributed by atoms with van der Waals surface area (Å²) in [5.74, 6) is 0.0363. The second kappa shape index (κ2) is 9.98. The van der Waals surface area contributed by atoms with Crippen molar-refractivity contribution in [3.63, 3.8) is 0 Å². The molecule has 0 aliphatic heterocycles. The van der Waals surface area contributed by atoms with Crippen molar-refractivity contribution in [3.8, 4) is 22.3 Å². The summed E-state index contributed by atoms with van der Waals surface area (Å²) in [6.07, 6.45) is 7.41. The zero-order chi connectivity index (χ0) is 26.9. The van der Waals surface area contributed by atoms with E-state index in [1.54, 1.807) is 24.5 Å². The number of aromatic amines is 1. The number of pyridine rings is 3.